The van der Waals surface area contributed by atoms with Gasteiger partial charge in [-0.2, -0.15) is 0 Å². The molecule has 24 heavy (non-hydrogen) atoms. The van der Waals surface area contributed by atoms with E-state index in [0.717, 1.165) is 0 Å². The van der Waals surface area contributed by atoms with Gasteiger partial charge in [0.05, 0.1) is 26.4 Å². The van der Waals surface area contributed by atoms with Gasteiger partial charge in [0.2, 0.25) is 0 Å². The minimum Gasteiger partial charge on any atom is -0.756 e. The number of phosphoric acid groups is 1. The van der Waals surface area contributed by atoms with Crippen LogP contribution in [0.3, 0.4) is 0 Å². The molecule has 0 saturated carbocycles. The van der Waals surface area contributed by atoms with E-state index in [-0.39, 0.29) is 69.3 Å². The standard InChI is InChI=1S/C14H23O8P.Li/c1-11(2)13(15)19-7-5-9-21-23(17,18)22-10-6-8-20-14(16)12(3)4;/h1,3,5-10H2,2,4H3,(H,17,18);/q;+1/p-1. The Morgan fingerprint density at radius 2 is 1.21 bits per heavy atom. The van der Waals surface area contributed by atoms with Gasteiger partial charge in [0, 0.05) is 24.0 Å². The van der Waals surface area contributed by atoms with Gasteiger partial charge in [-0.3, -0.25) is 4.57 Å². The third-order valence-corrected chi connectivity index (χ3v) is 3.24. The first kappa shape index (κ1) is 25.4. The van der Waals surface area contributed by atoms with Gasteiger partial charge in [0.1, 0.15) is 0 Å². The maximum Gasteiger partial charge on any atom is 1.00 e. The summed E-state index contributed by atoms with van der Waals surface area (Å²) in [7, 11) is -4.42. The van der Waals surface area contributed by atoms with Gasteiger partial charge in [-0.25, -0.2) is 9.59 Å². The van der Waals surface area contributed by atoms with Crippen molar-refractivity contribution in [1.29, 1.82) is 0 Å². The van der Waals surface area contributed by atoms with Gasteiger partial charge in [0.15, 0.2) is 0 Å². The van der Waals surface area contributed by atoms with Crippen LogP contribution in [0.25, 0.3) is 0 Å². The average molecular weight is 356 g/mol. The molecule has 0 heterocycles. The predicted octanol–water partition coefficient (Wildman–Crippen LogP) is -1.49. The molecule has 0 radical (unpaired) electrons. The van der Waals surface area contributed by atoms with Crippen LogP contribution in [0.1, 0.15) is 26.7 Å². The van der Waals surface area contributed by atoms with Crippen LogP contribution in [0.5, 0.6) is 0 Å². The summed E-state index contributed by atoms with van der Waals surface area (Å²) in [6.45, 7) is 9.51. The van der Waals surface area contributed by atoms with Crippen molar-refractivity contribution in [1.82, 2.24) is 0 Å². The van der Waals surface area contributed by atoms with Gasteiger partial charge in [0.25, 0.3) is 7.82 Å². The van der Waals surface area contributed by atoms with E-state index >= 15 is 0 Å². The summed E-state index contributed by atoms with van der Waals surface area (Å²) in [5.74, 6) is -1.09. The number of phosphoric ester groups is 1. The number of rotatable bonds is 12. The first-order valence-corrected chi connectivity index (χ1v) is 8.37. The molecule has 0 unspecified atom stereocenters. The molecule has 0 N–H and O–H groups in total. The third kappa shape index (κ3) is 13.6. The molecule has 132 valence electrons. The normalized spacial score (nSPS) is 10.5. The molecule has 0 aromatic heterocycles. The van der Waals surface area contributed by atoms with Crippen molar-refractivity contribution >= 4 is 19.8 Å². The Balaban J connectivity index is 0. The Hall–Kier alpha value is -0.873. The fourth-order valence-electron chi connectivity index (χ4n) is 1.08. The van der Waals surface area contributed by atoms with Crippen LogP contribution in [-0.4, -0.2) is 38.4 Å². The summed E-state index contributed by atoms with van der Waals surface area (Å²) in [6.07, 6.45) is 0.398. The maximum absolute atomic E-state index is 11.4. The minimum absolute atomic E-state index is 0. The second kappa shape index (κ2) is 13.4. The van der Waals surface area contributed by atoms with Crippen molar-refractivity contribution < 1.29 is 56.4 Å². The molecule has 8 nitrogen and oxygen atoms in total. The molecule has 0 aliphatic rings. The molecule has 0 spiro atoms. The molecule has 0 atom stereocenters. The molecule has 0 rings (SSSR count). The van der Waals surface area contributed by atoms with Crippen LogP contribution >= 0.6 is 7.82 Å². The van der Waals surface area contributed by atoms with Crippen molar-refractivity contribution in [3.8, 4) is 0 Å². The summed E-state index contributed by atoms with van der Waals surface area (Å²) in [5, 5.41) is 0. The fourth-order valence-corrected chi connectivity index (χ4v) is 1.86. The van der Waals surface area contributed by atoms with Crippen molar-refractivity contribution in [2.75, 3.05) is 26.4 Å². The van der Waals surface area contributed by atoms with Crippen molar-refractivity contribution in [2.45, 2.75) is 26.7 Å². The second-order valence-corrected chi connectivity index (χ2v) is 6.06. The number of ether oxygens (including phenoxy) is 2. The van der Waals surface area contributed by atoms with Gasteiger partial charge in [-0.15, -0.1) is 0 Å². The van der Waals surface area contributed by atoms with Crippen LogP contribution in [0, 0.1) is 0 Å². The zero-order valence-corrected chi connectivity index (χ0v) is 15.3. The maximum atomic E-state index is 11.4. The molecular formula is C14H22LiO8P. The molecule has 0 aliphatic carbocycles. The zero-order chi connectivity index (χ0) is 17.9. The number of esters is 2. The van der Waals surface area contributed by atoms with Crippen LogP contribution in [0.15, 0.2) is 24.3 Å². The van der Waals surface area contributed by atoms with Crippen molar-refractivity contribution in [3.63, 3.8) is 0 Å². The summed E-state index contributed by atoms with van der Waals surface area (Å²) >= 11 is 0. The average Bonchev–Trinajstić information content (AvgIpc) is 2.45. The van der Waals surface area contributed by atoms with E-state index < -0.39 is 19.8 Å². The molecule has 0 fully saturated rings. The molecule has 0 saturated heterocycles. The number of hydrogen-bond donors (Lipinski definition) is 0. The molecule has 10 heteroatoms. The number of carbonyl (C=O) groups is 2. The Labute approximate surface area is 154 Å². The summed E-state index contributed by atoms with van der Waals surface area (Å²) in [6, 6.07) is 0. The molecular weight excluding hydrogens is 334 g/mol. The van der Waals surface area contributed by atoms with E-state index in [2.05, 4.69) is 22.2 Å². The fraction of sp³-hybridized carbons (Fsp3) is 0.571. The van der Waals surface area contributed by atoms with Crippen LogP contribution in [-0.2, 0) is 32.7 Å². The molecule has 0 aromatic rings. The minimum atomic E-state index is -4.42. The molecule has 0 bridgehead atoms. The van der Waals surface area contributed by atoms with Gasteiger partial charge in [-0.05, 0) is 13.8 Å². The van der Waals surface area contributed by atoms with E-state index in [0.29, 0.717) is 0 Å². The van der Waals surface area contributed by atoms with E-state index in [1.807, 2.05) is 0 Å². The van der Waals surface area contributed by atoms with E-state index in [1.165, 1.54) is 13.8 Å². The quantitative estimate of drug-likeness (QED) is 0.137. The van der Waals surface area contributed by atoms with Gasteiger partial charge in [-0.1, -0.05) is 13.2 Å². The molecule has 0 amide bonds. The van der Waals surface area contributed by atoms with Crippen molar-refractivity contribution in [2.24, 2.45) is 0 Å². The van der Waals surface area contributed by atoms with Crippen LogP contribution in [0.2, 0.25) is 0 Å². The largest absolute Gasteiger partial charge is 1.00 e. The molecule has 0 aromatic carbocycles. The van der Waals surface area contributed by atoms with Crippen molar-refractivity contribution in [3.05, 3.63) is 24.3 Å². The number of carbonyl (C=O) groups excluding carboxylic acids is 2. The van der Waals surface area contributed by atoms with Gasteiger partial charge < -0.3 is 23.4 Å². The summed E-state index contributed by atoms with van der Waals surface area (Å²) < 4.78 is 30.1. The first-order valence-electron chi connectivity index (χ1n) is 6.91. The van der Waals surface area contributed by atoms with Crippen LogP contribution in [0.4, 0.5) is 0 Å². The Morgan fingerprint density at radius 3 is 1.50 bits per heavy atom. The monoisotopic (exact) mass is 356 g/mol. The van der Waals surface area contributed by atoms with Crippen LogP contribution < -0.4 is 23.8 Å². The summed E-state index contributed by atoms with van der Waals surface area (Å²) in [5.41, 5.74) is 0.521. The van der Waals surface area contributed by atoms with Gasteiger partial charge >= 0.3 is 30.8 Å². The summed E-state index contributed by atoms with van der Waals surface area (Å²) in [4.78, 5) is 33.5. The second-order valence-electron chi connectivity index (χ2n) is 4.65. The third-order valence-electron chi connectivity index (χ3n) is 2.24. The zero-order valence-electron chi connectivity index (χ0n) is 14.4. The Kier molecular flexibility index (Phi) is 14.2. The Morgan fingerprint density at radius 1 is 0.875 bits per heavy atom. The Bertz CT molecular complexity index is 451. The first-order chi connectivity index (χ1) is 10.7. The van der Waals surface area contributed by atoms with E-state index in [4.69, 9.17) is 9.47 Å². The van der Waals surface area contributed by atoms with E-state index in [1.54, 1.807) is 0 Å². The smallest absolute Gasteiger partial charge is 0.756 e. The molecule has 0 aliphatic heterocycles. The SMILES string of the molecule is C=C(C)C(=O)OCCCOP(=O)([O-])OCCCOC(=O)C(=C)C.[Li+]. The predicted molar refractivity (Wildman–Crippen MR) is 80.3 cm³/mol. The van der Waals surface area contributed by atoms with E-state index in [9.17, 15) is 19.0 Å². The number of hydrogen-bond acceptors (Lipinski definition) is 8. The topological polar surface area (TPSA) is 111 Å².